The van der Waals surface area contributed by atoms with Gasteiger partial charge in [-0.15, -0.1) is 0 Å². The minimum absolute atomic E-state index is 0.0713. The van der Waals surface area contributed by atoms with Crippen LogP contribution in [-0.4, -0.2) is 35.2 Å². The second kappa shape index (κ2) is 8.67. The second-order valence-corrected chi connectivity index (χ2v) is 5.42. The fourth-order valence-electron chi connectivity index (χ4n) is 2.40. The van der Waals surface area contributed by atoms with E-state index in [1.54, 1.807) is 0 Å². The van der Waals surface area contributed by atoms with E-state index in [-0.39, 0.29) is 19.3 Å². The molecule has 0 saturated carbocycles. The molecule has 0 heterocycles. The number of nitriles is 1. The molecule has 0 saturated heterocycles. The summed E-state index contributed by atoms with van der Waals surface area (Å²) in [5.74, 6) is -3.35. The van der Waals surface area contributed by atoms with E-state index in [1.165, 1.54) is 31.4 Å². The molecule has 24 heavy (non-hydrogen) atoms. The van der Waals surface area contributed by atoms with Gasteiger partial charge in [-0.05, 0) is 37.0 Å². The maximum Gasteiger partial charge on any atom is 0.337 e. The van der Waals surface area contributed by atoms with Crippen molar-refractivity contribution in [2.24, 2.45) is 5.41 Å². The first-order chi connectivity index (χ1) is 11.4. The Morgan fingerprint density at radius 2 is 1.71 bits per heavy atom. The van der Waals surface area contributed by atoms with E-state index in [9.17, 15) is 24.6 Å². The number of rotatable bonds is 9. The minimum Gasteiger partial charge on any atom is -0.480 e. The summed E-state index contributed by atoms with van der Waals surface area (Å²) in [6.07, 6.45) is 0.749. The number of carboxylic acids is 2. The zero-order valence-corrected chi connectivity index (χ0v) is 13.3. The number of esters is 1. The number of carbonyl (C=O) groups is 3. The molecule has 7 heteroatoms. The summed E-state index contributed by atoms with van der Waals surface area (Å²) in [4.78, 5) is 34.7. The van der Waals surface area contributed by atoms with Crippen molar-refractivity contribution in [2.45, 2.75) is 32.1 Å². The van der Waals surface area contributed by atoms with Gasteiger partial charge >= 0.3 is 17.9 Å². The maximum absolute atomic E-state index is 11.6. The van der Waals surface area contributed by atoms with Gasteiger partial charge < -0.3 is 14.9 Å². The molecule has 0 aliphatic heterocycles. The molecule has 0 atom stereocenters. The molecule has 0 radical (unpaired) electrons. The predicted molar refractivity (Wildman–Crippen MR) is 83.3 cm³/mol. The van der Waals surface area contributed by atoms with Crippen molar-refractivity contribution in [1.29, 1.82) is 5.26 Å². The van der Waals surface area contributed by atoms with Crippen molar-refractivity contribution >= 4 is 17.9 Å². The number of benzene rings is 1. The fraction of sp³-hybridized carbons (Fsp3) is 0.412. The summed E-state index contributed by atoms with van der Waals surface area (Å²) < 4.78 is 4.58. The second-order valence-electron chi connectivity index (χ2n) is 5.42. The number of aliphatic carboxylic acids is 2. The van der Waals surface area contributed by atoms with Crippen LogP contribution >= 0.6 is 0 Å². The third kappa shape index (κ3) is 4.56. The van der Waals surface area contributed by atoms with E-state index < -0.39 is 23.3 Å². The lowest BCUT2D eigenvalue weighted by Crippen LogP contribution is -2.41. The van der Waals surface area contributed by atoms with Crippen molar-refractivity contribution in [1.82, 2.24) is 0 Å². The Labute approximate surface area is 139 Å². The number of carbonyl (C=O) groups excluding carboxylic acids is 1. The molecule has 0 aromatic heterocycles. The first-order valence-electron chi connectivity index (χ1n) is 7.38. The lowest BCUT2D eigenvalue weighted by molar-refractivity contribution is -0.165. The van der Waals surface area contributed by atoms with Crippen molar-refractivity contribution in [3.63, 3.8) is 0 Å². The highest BCUT2D eigenvalue weighted by atomic mass is 16.5. The van der Waals surface area contributed by atoms with E-state index >= 15 is 0 Å². The summed E-state index contributed by atoms with van der Waals surface area (Å²) in [5, 5.41) is 27.5. The van der Waals surface area contributed by atoms with Crippen LogP contribution in [0.4, 0.5) is 0 Å². The van der Waals surface area contributed by atoms with E-state index in [4.69, 9.17) is 5.26 Å². The van der Waals surface area contributed by atoms with Gasteiger partial charge in [0.25, 0.3) is 0 Å². The Hall–Kier alpha value is -2.88. The molecular formula is C17H19NO6. The van der Waals surface area contributed by atoms with Gasteiger partial charge in [0.1, 0.15) is 0 Å². The number of hydrogen-bond acceptors (Lipinski definition) is 5. The van der Waals surface area contributed by atoms with Gasteiger partial charge in [-0.3, -0.25) is 9.59 Å². The van der Waals surface area contributed by atoms with E-state index in [2.05, 4.69) is 4.74 Å². The fourth-order valence-corrected chi connectivity index (χ4v) is 2.40. The Kier molecular flexibility index (Phi) is 6.93. The standard InChI is InChI=1S/C17H19NO6/c1-24-14(19)13-7-5-12(6-8-13)11-17(15(20)21,16(22)23)9-3-2-4-10-18/h5-8H,2-4,9,11H2,1H3,(H,20,21)(H,22,23). The molecule has 0 bridgehead atoms. The molecule has 2 N–H and O–H groups in total. The van der Waals surface area contributed by atoms with Crippen molar-refractivity contribution < 1.29 is 29.3 Å². The minimum atomic E-state index is -1.96. The highest BCUT2D eigenvalue weighted by Gasteiger charge is 2.46. The molecular weight excluding hydrogens is 314 g/mol. The molecule has 7 nitrogen and oxygen atoms in total. The molecule has 0 aliphatic carbocycles. The summed E-state index contributed by atoms with van der Waals surface area (Å²) >= 11 is 0. The zero-order valence-electron chi connectivity index (χ0n) is 13.3. The van der Waals surface area contributed by atoms with E-state index in [0.717, 1.165) is 0 Å². The smallest absolute Gasteiger partial charge is 0.337 e. The number of methoxy groups -OCH3 is 1. The van der Waals surface area contributed by atoms with Crippen LogP contribution in [0.25, 0.3) is 0 Å². The number of unbranched alkanes of at least 4 members (excludes halogenated alkanes) is 2. The first kappa shape index (κ1) is 19.2. The van der Waals surface area contributed by atoms with Crippen LogP contribution in [0.3, 0.4) is 0 Å². The van der Waals surface area contributed by atoms with Gasteiger partial charge in [0.15, 0.2) is 5.41 Å². The summed E-state index contributed by atoms with van der Waals surface area (Å²) in [6, 6.07) is 7.91. The van der Waals surface area contributed by atoms with Crippen LogP contribution in [0.2, 0.25) is 0 Å². The Morgan fingerprint density at radius 3 is 2.17 bits per heavy atom. The lowest BCUT2D eigenvalue weighted by Gasteiger charge is -2.25. The van der Waals surface area contributed by atoms with E-state index in [1.807, 2.05) is 6.07 Å². The number of carboxylic acid groups (broad SMARTS) is 2. The van der Waals surface area contributed by atoms with Gasteiger partial charge in [-0.2, -0.15) is 5.26 Å². The van der Waals surface area contributed by atoms with Crippen LogP contribution < -0.4 is 0 Å². The molecule has 1 rings (SSSR count). The first-order valence-corrected chi connectivity index (χ1v) is 7.38. The topological polar surface area (TPSA) is 125 Å². The quantitative estimate of drug-likeness (QED) is 0.403. The maximum atomic E-state index is 11.6. The SMILES string of the molecule is COC(=O)c1ccc(CC(CCCCC#N)(C(=O)O)C(=O)O)cc1. The number of hydrogen-bond donors (Lipinski definition) is 2. The van der Waals surface area contributed by atoms with Crippen LogP contribution in [0, 0.1) is 16.7 Å². The van der Waals surface area contributed by atoms with E-state index in [0.29, 0.717) is 24.0 Å². The monoisotopic (exact) mass is 333 g/mol. The Balaban J connectivity index is 2.99. The number of nitrogens with zero attached hydrogens (tertiary/aromatic N) is 1. The van der Waals surface area contributed by atoms with Gasteiger partial charge in [0.05, 0.1) is 18.7 Å². The normalized spacial score (nSPS) is 10.7. The third-order valence-electron chi connectivity index (χ3n) is 3.84. The predicted octanol–water partition coefficient (Wildman–Crippen LogP) is 2.26. The molecule has 0 fully saturated rings. The number of ether oxygens (including phenoxy) is 1. The van der Waals surface area contributed by atoms with Gasteiger partial charge in [-0.25, -0.2) is 4.79 Å². The van der Waals surface area contributed by atoms with Crippen molar-refractivity contribution in [3.8, 4) is 6.07 Å². The van der Waals surface area contributed by atoms with Crippen LogP contribution in [0.1, 0.15) is 41.6 Å². The van der Waals surface area contributed by atoms with Gasteiger partial charge in [-0.1, -0.05) is 18.6 Å². The highest BCUT2D eigenvalue weighted by Crippen LogP contribution is 2.31. The average molecular weight is 333 g/mol. The molecule has 128 valence electrons. The molecule has 0 amide bonds. The van der Waals surface area contributed by atoms with Gasteiger partial charge in [0.2, 0.25) is 0 Å². The largest absolute Gasteiger partial charge is 0.480 e. The third-order valence-corrected chi connectivity index (χ3v) is 3.84. The van der Waals surface area contributed by atoms with Crippen LogP contribution in [0.5, 0.6) is 0 Å². The summed E-state index contributed by atoms with van der Waals surface area (Å²) in [7, 11) is 1.25. The average Bonchev–Trinajstić information content (AvgIpc) is 2.57. The van der Waals surface area contributed by atoms with Gasteiger partial charge in [0, 0.05) is 6.42 Å². The summed E-state index contributed by atoms with van der Waals surface area (Å²) in [5.41, 5.74) is -1.17. The molecule has 0 unspecified atom stereocenters. The highest BCUT2D eigenvalue weighted by molar-refractivity contribution is 5.98. The zero-order chi connectivity index (χ0) is 18.2. The van der Waals surface area contributed by atoms with Crippen molar-refractivity contribution in [3.05, 3.63) is 35.4 Å². The van der Waals surface area contributed by atoms with Crippen LogP contribution in [-0.2, 0) is 20.7 Å². The van der Waals surface area contributed by atoms with Crippen molar-refractivity contribution in [2.75, 3.05) is 7.11 Å². The molecule has 0 aliphatic rings. The summed E-state index contributed by atoms with van der Waals surface area (Å²) in [6.45, 7) is 0. The Morgan fingerprint density at radius 1 is 1.12 bits per heavy atom. The molecule has 1 aromatic carbocycles. The molecule has 0 spiro atoms. The molecule has 1 aromatic rings. The lowest BCUT2D eigenvalue weighted by atomic mass is 9.77. The Bertz CT molecular complexity index is 630. The van der Waals surface area contributed by atoms with Crippen LogP contribution in [0.15, 0.2) is 24.3 Å².